The van der Waals surface area contributed by atoms with Gasteiger partial charge in [0.15, 0.2) is 0 Å². The summed E-state index contributed by atoms with van der Waals surface area (Å²) in [6.07, 6.45) is 2.53. The molecule has 2 heterocycles. The molecule has 1 aromatic heterocycles. The van der Waals surface area contributed by atoms with Gasteiger partial charge in [-0.05, 0) is 42.7 Å². The molecule has 0 saturated carbocycles. The number of anilines is 2. The Bertz CT molecular complexity index is 755. The van der Waals surface area contributed by atoms with E-state index in [9.17, 15) is 9.18 Å². The number of urea groups is 1. The minimum Gasteiger partial charge on any atom is -0.475 e. The lowest BCUT2D eigenvalue weighted by atomic mass is 10.1. The highest BCUT2D eigenvalue weighted by Crippen LogP contribution is 2.23. The molecular weight excluding hydrogens is 363 g/mol. The first kappa shape index (κ1) is 19.9. The van der Waals surface area contributed by atoms with Crippen LogP contribution in [-0.2, 0) is 4.74 Å². The number of halogens is 1. The van der Waals surface area contributed by atoms with Crippen molar-refractivity contribution in [2.24, 2.45) is 5.92 Å². The summed E-state index contributed by atoms with van der Waals surface area (Å²) in [6.45, 7) is 3.22. The quantitative estimate of drug-likeness (QED) is 0.680. The summed E-state index contributed by atoms with van der Waals surface area (Å²) in [6, 6.07) is 9.67. The van der Waals surface area contributed by atoms with Gasteiger partial charge in [0.05, 0.1) is 18.5 Å². The van der Waals surface area contributed by atoms with E-state index in [1.807, 2.05) is 0 Å². The van der Waals surface area contributed by atoms with Crippen LogP contribution < -0.4 is 20.3 Å². The number of carbonyl (C=O) groups excluding carboxylic acids is 1. The van der Waals surface area contributed by atoms with Crippen LogP contribution in [0.1, 0.15) is 6.42 Å². The normalized spacial score (nSPS) is 16.1. The average molecular weight is 388 g/mol. The predicted molar refractivity (Wildman–Crippen MR) is 105 cm³/mol. The van der Waals surface area contributed by atoms with Gasteiger partial charge in [0.25, 0.3) is 0 Å². The molecular formula is C20H25FN4O3. The van der Waals surface area contributed by atoms with Crippen molar-refractivity contribution in [3.63, 3.8) is 0 Å². The third-order valence-corrected chi connectivity index (χ3v) is 4.56. The molecule has 8 heteroatoms. The monoisotopic (exact) mass is 388 g/mol. The van der Waals surface area contributed by atoms with Crippen LogP contribution in [-0.4, -0.2) is 51.0 Å². The van der Waals surface area contributed by atoms with Gasteiger partial charge in [-0.2, -0.15) is 0 Å². The molecule has 0 unspecified atom stereocenters. The van der Waals surface area contributed by atoms with Gasteiger partial charge in [0.1, 0.15) is 12.4 Å². The lowest BCUT2D eigenvalue weighted by Gasteiger charge is -2.19. The third-order valence-electron chi connectivity index (χ3n) is 4.56. The van der Waals surface area contributed by atoms with E-state index in [2.05, 4.69) is 20.5 Å². The number of nitrogens with zero attached hydrogens (tertiary/aromatic N) is 2. The molecule has 0 spiro atoms. The fourth-order valence-corrected chi connectivity index (χ4v) is 3.07. The number of ether oxygens (including phenoxy) is 2. The molecule has 2 aromatic rings. The van der Waals surface area contributed by atoms with Gasteiger partial charge in [-0.1, -0.05) is 0 Å². The van der Waals surface area contributed by atoms with Crippen LogP contribution in [0.4, 0.5) is 20.6 Å². The summed E-state index contributed by atoms with van der Waals surface area (Å²) in [7, 11) is 1.61. The molecule has 2 amide bonds. The SMILES string of the molecule is COCCOc1ccc(NC(=O)NC[C@@H]2CCN(c3ccc(F)cc3)C2)cn1. The van der Waals surface area contributed by atoms with E-state index in [4.69, 9.17) is 9.47 Å². The number of carbonyl (C=O) groups is 1. The number of amides is 2. The number of pyridine rings is 1. The molecule has 0 radical (unpaired) electrons. The number of nitrogens with one attached hydrogen (secondary N) is 2. The Hall–Kier alpha value is -2.87. The Balaban J connectivity index is 1.39. The number of methoxy groups -OCH3 is 1. The van der Waals surface area contributed by atoms with Crippen molar-refractivity contribution in [2.45, 2.75) is 6.42 Å². The maximum absolute atomic E-state index is 13.0. The van der Waals surface area contributed by atoms with Gasteiger partial charge in [-0.25, -0.2) is 14.2 Å². The summed E-state index contributed by atoms with van der Waals surface area (Å²) in [4.78, 5) is 18.4. The number of rotatable bonds is 8. The van der Waals surface area contributed by atoms with Crippen LogP contribution in [0.5, 0.6) is 5.88 Å². The van der Waals surface area contributed by atoms with E-state index >= 15 is 0 Å². The standard InChI is InChI=1S/C20H25FN4O3/c1-27-10-11-28-19-7-4-17(13-22-19)24-20(26)23-12-15-8-9-25(14-15)18-5-2-16(21)3-6-18/h2-7,13,15H,8-12,14H2,1H3,(H2,23,24,26)/t15-/m0/s1. The zero-order valence-electron chi connectivity index (χ0n) is 15.9. The molecule has 2 N–H and O–H groups in total. The number of hydrogen-bond acceptors (Lipinski definition) is 5. The number of aromatic nitrogens is 1. The van der Waals surface area contributed by atoms with Crippen molar-refractivity contribution in [1.82, 2.24) is 10.3 Å². The minimum absolute atomic E-state index is 0.234. The van der Waals surface area contributed by atoms with Gasteiger partial charge >= 0.3 is 6.03 Å². The first-order chi connectivity index (χ1) is 13.6. The lowest BCUT2D eigenvalue weighted by Crippen LogP contribution is -2.34. The Labute approximate surface area is 163 Å². The average Bonchev–Trinajstić information content (AvgIpc) is 3.18. The Kier molecular flexibility index (Phi) is 7.02. The van der Waals surface area contributed by atoms with E-state index in [1.165, 1.54) is 12.1 Å². The molecule has 1 aliphatic heterocycles. The molecule has 1 atom stereocenters. The zero-order chi connectivity index (χ0) is 19.8. The summed E-state index contributed by atoms with van der Waals surface area (Å²) >= 11 is 0. The van der Waals surface area contributed by atoms with Crippen LogP contribution in [0, 0.1) is 11.7 Å². The van der Waals surface area contributed by atoms with Gasteiger partial charge < -0.3 is 25.0 Å². The summed E-state index contributed by atoms with van der Waals surface area (Å²) in [5.74, 6) is 0.599. The van der Waals surface area contributed by atoms with E-state index in [0.29, 0.717) is 37.2 Å². The zero-order valence-corrected chi connectivity index (χ0v) is 15.9. The molecule has 7 nitrogen and oxygen atoms in total. The minimum atomic E-state index is -0.268. The lowest BCUT2D eigenvalue weighted by molar-refractivity contribution is 0.144. The second-order valence-corrected chi connectivity index (χ2v) is 6.64. The molecule has 1 aliphatic rings. The van der Waals surface area contributed by atoms with Gasteiger partial charge in [0, 0.05) is 38.5 Å². The van der Waals surface area contributed by atoms with E-state index < -0.39 is 0 Å². The fraction of sp³-hybridized carbons (Fsp3) is 0.400. The van der Waals surface area contributed by atoms with Crippen LogP contribution in [0.2, 0.25) is 0 Å². The molecule has 28 heavy (non-hydrogen) atoms. The van der Waals surface area contributed by atoms with E-state index in [-0.39, 0.29) is 11.8 Å². The molecule has 1 fully saturated rings. The van der Waals surface area contributed by atoms with Gasteiger partial charge in [-0.15, -0.1) is 0 Å². The van der Waals surface area contributed by atoms with Crippen molar-refractivity contribution in [3.8, 4) is 5.88 Å². The topological polar surface area (TPSA) is 75.7 Å². The van der Waals surface area contributed by atoms with Crippen LogP contribution in [0.15, 0.2) is 42.6 Å². The van der Waals surface area contributed by atoms with Gasteiger partial charge in [-0.3, -0.25) is 0 Å². The second-order valence-electron chi connectivity index (χ2n) is 6.64. The van der Waals surface area contributed by atoms with Crippen molar-refractivity contribution >= 4 is 17.4 Å². The largest absolute Gasteiger partial charge is 0.475 e. The molecule has 150 valence electrons. The highest BCUT2D eigenvalue weighted by atomic mass is 19.1. The molecule has 3 rings (SSSR count). The van der Waals surface area contributed by atoms with Gasteiger partial charge in [0.2, 0.25) is 5.88 Å². The Morgan fingerprint density at radius 1 is 1.25 bits per heavy atom. The highest BCUT2D eigenvalue weighted by molar-refractivity contribution is 5.89. The molecule has 0 aliphatic carbocycles. The first-order valence-electron chi connectivity index (χ1n) is 9.27. The summed E-state index contributed by atoms with van der Waals surface area (Å²) in [5, 5.41) is 5.66. The van der Waals surface area contributed by atoms with E-state index in [0.717, 1.165) is 25.2 Å². The molecule has 1 aromatic carbocycles. The van der Waals surface area contributed by atoms with Crippen molar-refractivity contribution < 1.29 is 18.7 Å². The third kappa shape index (κ3) is 5.82. The molecule has 1 saturated heterocycles. The highest BCUT2D eigenvalue weighted by Gasteiger charge is 2.23. The summed E-state index contributed by atoms with van der Waals surface area (Å²) < 4.78 is 23.3. The Morgan fingerprint density at radius 2 is 2.07 bits per heavy atom. The van der Waals surface area contributed by atoms with Crippen molar-refractivity contribution in [1.29, 1.82) is 0 Å². The smallest absolute Gasteiger partial charge is 0.319 e. The Morgan fingerprint density at radius 3 is 2.79 bits per heavy atom. The van der Waals surface area contributed by atoms with Crippen LogP contribution in [0.3, 0.4) is 0 Å². The van der Waals surface area contributed by atoms with E-state index in [1.54, 1.807) is 37.6 Å². The van der Waals surface area contributed by atoms with Crippen molar-refractivity contribution in [3.05, 3.63) is 48.4 Å². The first-order valence-corrected chi connectivity index (χ1v) is 9.27. The maximum Gasteiger partial charge on any atom is 0.319 e. The predicted octanol–water partition coefficient (Wildman–Crippen LogP) is 2.89. The van der Waals surface area contributed by atoms with Crippen molar-refractivity contribution in [2.75, 3.05) is 50.2 Å². The van der Waals surface area contributed by atoms with Crippen LogP contribution >= 0.6 is 0 Å². The van der Waals surface area contributed by atoms with Crippen LogP contribution in [0.25, 0.3) is 0 Å². The number of benzene rings is 1. The summed E-state index contributed by atoms with van der Waals surface area (Å²) in [5.41, 5.74) is 1.60. The maximum atomic E-state index is 13.0. The molecule has 0 bridgehead atoms. The second kappa shape index (κ2) is 9.89. The number of hydrogen-bond donors (Lipinski definition) is 2. The fourth-order valence-electron chi connectivity index (χ4n) is 3.07.